The Bertz CT molecular complexity index is 1370. The fraction of sp³-hybridized carbons (Fsp3) is 0.115. The van der Waals surface area contributed by atoms with Crippen LogP contribution >= 0.6 is 0 Å². The number of rotatable bonds is 2. The highest BCUT2D eigenvalue weighted by Crippen LogP contribution is 2.42. The maximum atomic E-state index is 13.1. The van der Waals surface area contributed by atoms with E-state index in [0.717, 1.165) is 62.1 Å². The molecule has 0 fully saturated rings. The van der Waals surface area contributed by atoms with Crippen molar-refractivity contribution >= 4 is 34.0 Å². The molecule has 3 aromatic carbocycles. The van der Waals surface area contributed by atoms with Crippen molar-refractivity contribution in [1.82, 2.24) is 4.98 Å². The number of allylic oxidation sites excluding steroid dienone is 1. The van der Waals surface area contributed by atoms with Gasteiger partial charge in [-0.15, -0.1) is 0 Å². The van der Waals surface area contributed by atoms with E-state index in [1.54, 1.807) is 0 Å². The minimum atomic E-state index is -4.37. The topological polar surface area (TPSA) is 28.1 Å². The molecule has 0 unspecified atom stereocenters. The van der Waals surface area contributed by atoms with Crippen molar-refractivity contribution in [2.24, 2.45) is 4.99 Å². The molecule has 2 nitrogen and oxygen atoms in total. The van der Waals surface area contributed by atoms with E-state index in [9.17, 15) is 13.2 Å². The highest BCUT2D eigenvalue weighted by atomic mass is 19.4. The monoisotopic (exact) mass is 416 g/mol. The van der Waals surface area contributed by atoms with Gasteiger partial charge in [-0.3, -0.25) is 4.99 Å². The molecule has 0 amide bonds. The van der Waals surface area contributed by atoms with Crippen LogP contribution in [0.3, 0.4) is 0 Å². The predicted octanol–water partition coefficient (Wildman–Crippen LogP) is 7.48. The average Bonchev–Trinajstić information content (AvgIpc) is 3.32. The van der Waals surface area contributed by atoms with Gasteiger partial charge in [-0.25, -0.2) is 0 Å². The van der Waals surface area contributed by atoms with Crippen LogP contribution in [-0.4, -0.2) is 11.2 Å². The second-order valence-corrected chi connectivity index (χ2v) is 7.89. The van der Waals surface area contributed by atoms with Gasteiger partial charge in [-0.2, -0.15) is 13.2 Å². The van der Waals surface area contributed by atoms with Crippen LogP contribution in [0.2, 0.25) is 0 Å². The van der Waals surface area contributed by atoms with Crippen LogP contribution in [0, 0.1) is 13.8 Å². The Kier molecular flexibility index (Phi) is 4.36. The molecule has 0 radical (unpaired) electrons. The SMILES string of the molecule is Cc1ccc2c(c1)N=C/C2=C(/c1ccc(C(F)(F)F)cc1)c1c[nH]c2cc(C)ccc12. The zero-order valence-corrected chi connectivity index (χ0v) is 17.0. The molecule has 1 aliphatic rings. The molecule has 0 saturated heterocycles. The maximum Gasteiger partial charge on any atom is 0.416 e. The third-order valence-electron chi connectivity index (χ3n) is 5.65. The molecule has 1 aliphatic heterocycles. The number of nitrogens with zero attached hydrogens (tertiary/aromatic N) is 1. The Morgan fingerprint density at radius 3 is 2.32 bits per heavy atom. The molecule has 0 aliphatic carbocycles. The number of nitrogens with one attached hydrogen (secondary N) is 1. The molecule has 0 atom stereocenters. The van der Waals surface area contributed by atoms with Gasteiger partial charge in [0.2, 0.25) is 0 Å². The number of H-pyrrole nitrogens is 1. The summed E-state index contributed by atoms with van der Waals surface area (Å²) in [5, 5.41) is 1.02. The first kappa shape index (κ1) is 19.4. The minimum absolute atomic E-state index is 0.661. The van der Waals surface area contributed by atoms with Crippen molar-refractivity contribution in [1.29, 1.82) is 0 Å². The van der Waals surface area contributed by atoms with E-state index in [0.29, 0.717) is 5.56 Å². The molecule has 0 bridgehead atoms. The summed E-state index contributed by atoms with van der Waals surface area (Å²) in [6, 6.07) is 17.6. The molecular weight excluding hydrogens is 397 g/mol. The molecule has 4 aromatic rings. The Labute approximate surface area is 177 Å². The first-order valence-electron chi connectivity index (χ1n) is 9.96. The van der Waals surface area contributed by atoms with Gasteiger partial charge in [0.05, 0.1) is 11.3 Å². The van der Waals surface area contributed by atoms with Gasteiger partial charge in [0.15, 0.2) is 0 Å². The number of alkyl halides is 3. The van der Waals surface area contributed by atoms with E-state index in [2.05, 4.69) is 16.0 Å². The van der Waals surface area contributed by atoms with Crippen LogP contribution in [0.1, 0.15) is 33.4 Å². The largest absolute Gasteiger partial charge is 0.416 e. The number of hydrogen-bond donors (Lipinski definition) is 1. The lowest BCUT2D eigenvalue weighted by molar-refractivity contribution is -0.137. The number of aromatic amines is 1. The fourth-order valence-electron chi connectivity index (χ4n) is 4.11. The Hall–Kier alpha value is -3.60. The number of benzene rings is 3. The van der Waals surface area contributed by atoms with Gasteiger partial charge in [0, 0.05) is 45.6 Å². The molecule has 154 valence electrons. The quantitative estimate of drug-likeness (QED) is 0.351. The molecule has 1 aromatic heterocycles. The summed E-state index contributed by atoms with van der Waals surface area (Å²) in [6.07, 6.45) is -0.642. The van der Waals surface area contributed by atoms with Gasteiger partial charge in [0.1, 0.15) is 0 Å². The lowest BCUT2D eigenvalue weighted by Crippen LogP contribution is -2.04. The van der Waals surface area contributed by atoms with Crippen molar-refractivity contribution in [2.45, 2.75) is 20.0 Å². The molecular formula is C26H19F3N2. The van der Waals surface area contributed by atoms with Gasteiger partial charge in [-0.1, -0.05) is 36.4 Å². The number of aromatic nitrogens is 1. The van der Waals surface area contributed by atoms with Crippen molar-refractivity contribution < 1.29 is 13.2 Å². The van der Waals surface area contributed by atoms with Crippen LogP contribution in [-0.2, 0) is 6.18 Å². The van der Waals surface area contributed by atoms with Crippen molar-refractivity contribution in [2.75, 3.05) is 0 Å². The molecule has 2 heterocycles. The van der Waals surface area contributed by atoms with Crippen molar-refractivity contribution in [3.05, 3.63) is 100 Å². The molecule has 0 saturated carbocycles. The Balaban J connectivity index is 1.78. The van der Waals surface area contributed by atoms with E-state index in [-0.39, 0.29) is 0 Å². The van der Waals surface area contributed by atoms with E-state index in [1.165, 1.54) is 12.1 Å². The van der Waals surface area contributed by atoms with Crippen LogP contribution in [0.15, 0.2) is 71.9 Å². The first-order valence-corrected chi connectivity index (χ1v) is 9.96. The summed E-state index contributed by atoms with van der Waals surface area (Å²) in [7, 11) is 0. The number of aryl methyl sites for hydroxylation is 2. The fourth-order valence-corrected chi connectivity index (χ4v) is 4.11. The van der Waals surface area contributed by atoms with Crippen molar-refractivity contribution in [3.8, 4) is 0 Å². The number of aliphatic imine (C=N–C) groups is 1. The molecule has 0 spiro atoms. The normalized spacial score (nSPS) is 14.9. The highest BCUT2D eigenvalue weighted by molar-refractivity contribution is 6.27. The summed E-state index contributed by atoms with van der Waals surface area (Å²) in [5.41, 5.74) is 7.81. The van der Waals surface area contributed by atoms with Crippen LogP contribution < -0.4 is 0 Å². The zero-order chi connectivity index (χ0) is 21.8. The van der Waals surface area contributed by atoms with Gasteiger partial charge in [-0.05, 0) is 54.8 Å². The van der Waals surface area contributed by atoms with Crippen molar-refractivity contribution in [3.63, 3.8) is 0 Å². The van der Waals surface area contributed by atoms with E-state index >= 15 is 0 Å². The summed E-state index contributed by atoms with van der Waals surface area (Å²) < 4.78 is 39.4. The number of halogens is 3. The molecule has 5 rings (SSSR count). The van der Waals surface area contributed by atoms with Gasteiger partial charge < -0.3 is 4.98 Å². The van der Waals surface area contributed by atoms with Crippen LogP contribution in [0.25, 0.3) is 22.0 Å². The van der Waals surface area contributed by atoms with E-state index in [4.69, 9.17) is 0 Å². The van der Waals surface area contributed by atoms with E-state index < -0.39 is 11.7 Å². The maximum absolute atomic E-state index is 13.1. The zero-order valence-electron chi connectivity index (χ0n) is 17.0. The van der Waals surface area contributed by atoms with Gasteiger partial charge in [0.25, 0.3) is 0 Å². The van der Waals surface area contributed by atoms with Crippen LogP contribution in [0.4, 0.5) is 18.9 Å². The van der Waals surface area contributed by atoms with Crippen LogP contribution in [0.5, 0.6) is 0 Å². The summed E-state index contributed by atoms with van der Waals surface area (Å²) >= 11 is 0. The third kappa shape index (κ3) is 3.36. The Morgan fingerprint density at radius 2 is 1.58 bits per heavy atom. The summed E-state index contributed by atoms with van der Waals surface area (Å²) in [4.78, 5) is 7.89. The Morgan fingerprint density at radius 1 is 0.871 bits per heavy atom. The third-order valence-corrected chi connectivity index (χ3v) is 5.65. The summed E-state index contributed by atoms with van der Waals surface area (Å²) in [6.45, 7) is 4.04. The number of hydrogen-bond acceptors (Lipinski definition) is 1. The second kappa shape index (κ2) is 6.98. The lowest BCUT2D eigenvalue weighted by atomic mass is 9.89. The second-order valence-electron chi connectivity index (χ2n) is 7.89. The lowest BCUT2D eigenvalue weighted by Gasteiger charge is -2.14. The number of fused-ring (bicyclic) bond motifs is 2. The smallest absolute Gasteiger partial charge is 0.361 e. The molecule has 1 N–H and O–H groups in total. The summed E-state index contributed by atoms with van der Waals surface area (Å²) in [5.74, 6) is 0. The minimum Gasteiger partial charge on any atom is -0.361 e. The van der Waals surface area contributed by atoms with E-state index in [1.807, 2.05) is 56.6 Å². The standard InChI is InChI=1S/C26H19F3N2/c1-15-3-9-19-21(13-30-23(19)11-15)25(17-5-7-18(8-6-17)26(27,28)29)22-14-31-24-12-16(2)4-10-20(22)24/h3-14,30H,1-2H3/b25-22+. The van der Waals surface area contributed by atoms with Gasteiger partial charge >= 0.3 is 6.18 Å². The first-order chi connectivity index (χ1) is 14.8. The average molecular weight is 416 g/mol. The molecule has 31 heavy (non-hydrogen) atoms. The molecule has 5 heteroatoms. The predicted molar refractivity (Wildman–Crippen MR) is 120 cm³/mol. The highest BCUT2D eigenvalue weighted by Gasteiger charge is 2.30.